The van der Waals surface area contributed by atoms with Gasteiger partial charge >= 0.3 is 12.1 Å². The first-order valence-electron chi connectivity index (χ1n) is 7.31. The van der Waals surface area contributed by atoms with E-state index in [1.54, 1.807) is 34.6 Å². The van der Waals surface area contributed by atoms with Crippen molar-refractivity contribution in [2.75, 3.05) is 13.8 Å². The number of rotatable bonds is 7. The number of hydrogen-bond acceptors (Lipinski definition) is 5. The van der Waals surface area contributed by atoms with Gasteiger partial charge in [-0.25, -0.2) is 9.59 Å². The van der Waals surface area contributed by atoms with Crippen molar-refractivity contribution >= 4 is 12.1 Å². The van der Waals surface area contributed by atoms with E-state index >= 15 is 0 Å². The van der Waals surface area contributed by atoms with Crippen LogP contribution in [0.5, 0.6) is 0 Å². The topological polar surface area (TPSA) is 65.1 Å². The number of esters is 1. The van der Waals surface area contributed by atoms with Crippen molar-refractivity contribution in [3.05, 3.63) is 0 Å². The molecule has 0 fully saturated rings. The van der Waals surface area contributed by atoms with Gasteiger partial charge in [0.25, 0.3) is 0 Å². The number of methoxy groups -OCH3 is 1. The minimum Gasteiger partial charge on any atom is -0.461 e. The Morgan fingerprint density at radius 3 is 2.14 bits per heavy atom. The first-order valence-corrected chi connectivity index (χ1v) is 7.31. The van der Waals surface area contributed by atoms with E-state index in [2.05, 4.69) is 0 Å². The summed E-state index contributed by atoms with van der Waals surface area (Å²) in [6.45, 7) is 10.8. The van der Waals surface area contributed by atoms with Gasteiger partial charge in [0.15, 0.2) is 0 Å². The Labute approximate surface area is 127 Å². The molecule has 6 nitrogen and oxygen atoms in total. The van der Waals surface area contributed by atoms with Gasteiger partial charge in [-0.1, -0.05) is 13.3 Å². The molecule has 0 unspecified atom stereocenters. The Morgan fingerprint density at radius 1 is 1.19 bits per heavy atom. The summed E-state index contributed by atoms with van der Waals surface area (Å²) in [5.41, 5.74) is -0.637. The van der Waals surface area contributed by atoms with Gasteiger partial charge in [-0.2, -0.15) is 0 Å². The molecule has 1 amide bonds. The predicted octanol–water partition coefficient (Wildman–Crippen LogP) is 2.95. The van der Waals surface area contributed by atoms with Crippen LogP contribution >= 0.6 is 0 Å². The van der Waals surface area contributed by atoms with Gasteiger partial charge in [0.05, 0.1) is 6.10 Å². The monoisotopic (exact) mass is 303 g/mol. The molecule has 0 rings (SSSR count). The maximum absolute atomic E-state index is 12.3. The third-order valence-electron chi connectivity index (χ3n) is 2.46. The van der Waals surface area contributed by atoms with Crippen LogP contribution in [0.1, 0.15) is 54.4 Å². The molecule has 0 aliphatic rings. The van der Waals surface area contributed by atoms with Crippen LogP contribution in [-0.4, -0.2) is 48.5 Å². The molecule has 0 spiro atoms. The standard InChI is InChI=1S/C15H29NO5/c1-8-9-12(13(17)20-11(2)3)16(10-19-7)14(18)21-15(4,5)6/h11-12H,8-10H2,1-7H3/t12-/m0/s1. The molecule has 0 aromatic rings. The van der Waals surface area contributed by atoms with Gasteiger partial charge in [0, 0.05) is 7.11 Å². The second-order valence-electron chi connectivity index (χ2n) is 6.16. The second kappa shape index (κ2) is 8.87. The maximum Gasteiger partial charge on any atom is 0.412 e. The lowest BCUT2D eigenvalue weighted by Crippen LogP contribution is -2.49. The molecule has 0 saturated heterocycles. The van der Waals surface area contributed by atoms with Crippen LogP contribution in [0, 0.1) is 0 Å². The summed E-state index contributed by atoms with van der Waals surface area (Å²) >= 11 is 0. The van der Waals surface area contributed by atoms with Crippen LogP contribution in [0.25, 0.3) is 0 Å². The normalized spacial score (nSPS) is 13.0. The van der Waals surface area contributed by atoms with E-state index in [4.69, 9.17) is 14.2 Å². The molecule has 0 aromatic carbocycles. The number of carbonyl (C=O) groups excluding carboxylic acids is 2. The third-order valence-corrected chi connectivity index (χ3v) is 2.46. The Morgan fingerprint density at radius 2 is 1.76 bits per heavy atom. The molecule has 124 valence electrons. The fraction of sp³-hybridized carbons (Fsp3) is 0.867. The van der Waals surface area contributed by atoms with Crippen molar-refractivity contribution in [2.45, 2.75) is 72.1 Å². The summed E-state index contributed by atoms with van der Waals surface area (Å²) in [6.07, 6.45) is 0.415. The fourth-order valence-corrected chi connectivity index (χ4v) is 1.71. The second-order valence-corrected chi connectivity index (χ2v) is 6.16. The number of nitrogens with zero attached hydrogens (tertiary/aromatic N) is 1. The number of hydrogen-bond donors (Lipinski definition) is 0. The molecule has 0 N–H and O–H groups in total. The minimum absolute atomic E-state index is 0.0211. The van der Waals surface area contributed by atoms with Crippen molar-refractivity contribution in [3.63, 3.8) is 0 Å². The zero-order valence-corrected chi connectivity index (χ0v) is 14.3. The fourth-order valence-electron chi connectivity index (χ4n) is 1.71. The van der Waals surface area contributed by atoms with Crippen LogP contribution < -0.4 is 0 Å². The summed E-state index contributed by atoms with van der Waals surface area (Å²) in [5, 5.41) is 0. The summed E-state index contributed by atoms with van der Waals surface area (Å²) in [6, 6.07) is -0.702. The quantitative estimate of drug-likeness (QED) is 0.534. The van der Waals surface area contributed by atoms with Crippen LogP contribution in [0.2, 0.25) is 0 Å². The average Bonchev–Trinajstić information content (AvgIpc) is 2.30. The molecule has 0 aliphatic carbocycles. The largest absolute Gasteiger partial charge is 0.461 e. The predicted molar refractivity (Wildman–Crippen MR) is 79.9 cm³/mol. The molecule has 1 atom stereocenters. The van der Waals surface area contributed by atoms with Crippen molar-refractivity contribution in [1.29, 1.82) is 0 Å². The van der Waals surface area contributed by atoms with Crippen molar-refractivity contribution in [3.8, 4) is 0 Å². The molecule has 0 aromatic heterocycles. The van der Waals surface area contributed by atoms with Gasteiger partial charge in [-0.05, 0) is 41.0 Å². The van der Waals surface area contributed by atoms with Gasteiger partial charge < -0.3 is 14.2 Å². The number of ether oxygens (including phenoxy) is 3. The lowest BCUT2D eigenvalue weighted by atomic mass is 10.1. The van der Waals surface area contributed by atoms with Gasteiger partial charge in [0.2, 0.25) is 0 Å². The van der Waals surface area contributed by atoms with Crippen molar-refractivity contribution in [2.24, 2.45) is 0 Å². The highest BCUT2D eigenvalue weighted by molar-refractivity contribution is 5.81. The van der Waals surface area contributed by atoms with E-state index in [1.165, 1.54) is 12.0 Å². The maximum atomic E-state index is 12.3. The van der Waals surface area contributed by atoms with Crippen LogP contribution in [0.3, 0.4) is 0 Å². The first kappa shape index (κ1) is 19.7. The SMILES string of the molecule is CCC[C@@H](C(=O)OC(C)C)N(COC)C(=O)OC(C)(C)C. The van der Waals surface area contributed by atoms with E-state index in [-0.39, 0.29) is 12.8 Å². The molecular weight excluding hydrogens is 274 g/mol. The number of amides is 1. The molecular formula is C15H29NO5. The molecule has 0 saturated carbocycles. The van der Waals surface area contributed by atoms with Gasteiger partial charge in [0.1, 0.15) is 18.4 Å². The molecule has 0 heterocycles. The summed E-state index contributed by atoms with van der Waals surface area (Å²) in [5.74, 6) is -0.435. The van der Waals surface area contributed by atoms with E-state index < -0.39 is 23.7 Å². The van der Waals surface area contributed by atoms with Crippen molar-refractivity contribution < 1.29 is 23.8 Å². The summed E-state index contributed by atoms with van der Waals surface area (Å²) in [4.78, 5) is 25.8. The van der Waals surface area contributed by atoms with E-state index in [1.807, 2.05) is 6.92 Å². The first-order chi connectivity index (χ1) is 9.62. The molecule has 21 heavy (non-hydrogen) atoms. The van der Waals surface area contributed by atoms with Crippen molar-refractivity contribution in [1.82, 2.24) is 4.90 Å². The molecule has 0 aliphatic heterocycles. The van der Waals surface area contributed by atoms with E-state index in [9.17, 15) is 9.59 Å². The lowest BCUT2D eigenvalue weighted by molar-refractivity contribution is -0.156. The smallest absolute Gasteiger partial charge is 0.412 e. The Balaban J connectivity index is 5.13. The van der Waals surface area contributed by atoms with E-state index in [0.29, 0.717) is 6.42 Å². The Kier molecular flexibility index (Phi) is 8.32. The summed E-state index contributed by atoms with van der Waals surface area (Å²) < 4.78 is 15.6. The highest BCUT2D eigenvalue weighted by Gasteiger charge is 2.33. The highest BCUT2D eigenvalue weighted by atomic mass is 16.6. The third kappa shape index (κ3) is 7.90. The van der Waals surface area contributed by atoms with Crippen LogP contribution in [0.15, 0.2) is 0 Å². The molecule has 0 radical (unpaired) electrons. The Bertz CT molecular complexity index is 335. The van der Waals surface area contributed by atoms with Gasteiger partial charge in [-0.3, -0.25) is 4.90 Å². The number of carbonyl (C=O) groups is 2. The minimum atomic E-state index is -0.702. The molecule has 0 bridgehead atoms. The Hall–Kier alpha value is -1.30. The lowest BCUT2D eigenvalue weighted by Gasteiger charge is -2.32. The molecule has 6 heteroatoms. The van der Waals surface area contributed by atoms with Crippen LogP contribution in [0.4, 0.5) is 4.79 Å². The highest BCUT2D eigenvalue weighted by Crippen LogP contribution is 2.16. The van der Waals surface area contributed by atoms with Gasteiger partial charge in [-0.15, -0.1) is 0 Å². The zero-order chi connectivity index (χ0) is 16.6. The summed E-state index contributed by atoms with van der Waals surface area (Å²) in [7, 11) is 1.47. The van der Waals surface area contributed by atoms with E-state index in [0.717, 1.165) is 6.42 Å². The zero-order valence-electron chi connectivity index (χ0n) is 14.3. The average molecular weight is 303 g/mol. The van der Waals surface area contributed by atoms with Crippen LogP contribution in [-0.2, 0) is 19.0 Å².